The first-order chi connectivity index (χ1) is 8.21. The van der Waals surface area contributed by atoms with E-state index < -0.39 is 5.00 Å². The Bertz CT molecular complexity index is 307. The molecule has 0 radical (unpaired) electrons. The predicted molar refractivity (Wildman–Crippen MR) is 73.4 cm³/mol. The van der Waals surface area contributed by atoms with Gasteiger partial charge in [-0.15, -0.1) is 11.6 Å². The molecule has 0 N–H and O–H groups in total. The highest BCUT2D eigenvalue weighted by atomic mass is 35.5. The number of alkyl halides is 2. The normalized spacial score (nSPS) is 35.1. The number of halogens is 2. The molecule has 96 valence electrons. The van der Waals surface area contributed by atoms with Gasteiger partial charge >= 0.3 is 0 Å². The van der Waals surface area contributed by atoms with Gasteiger partial charge < -0.3 is 0 Å². The summed E-state index contributed by atoms with van der Waals surface area (Å²) >= 11 is 12.7. The molecule has 4 heteroatoms. The van der Waals surface area contributed by atoms with Gasteiger partial charge in [-0.1, -0.05) is 37.3 Å². The van der Waals surface area contributed by atoms with Crippen molar-refractivity contribution in [2.45, 2.75) is 74.2 Å². The molecule has 2 saturated carbocycles. The Labute approximate surface area is 114 Å². The molecular weight excluding hydrogens is 255 g/mol. The topological polar surface area (TPSA) is 24.7 Å². The Kier molecular flexibility index (Phi) is 4.90. The first-order valence-corrected chi connectivity index (χ1v) is 7.52. The highest BCUT2D eigenvalue weighted by molar-refractivity contribution is 6.32. The van der Waals surface area contributed by atoms with Crippen molar-refractivity contribution in [1.29, 1.82) is 0 Å². The summed E-state index contributed by atoms with van der Waals surface area (Å²) in [4.78, 5) is 8.05. The molecule has 2 aliphatic rings. The third kappa shape index (κ3) is 3.71. The van der Waals surface area contributed by atoms with Crippen LogP contribution in [-0.2, 0) is 0 Å². The summed E-state index contributed by atoms with van der Waals surface area (Å²) in [5.74, 6) is 0. The van der Waals surface area contributed by atoms with E-state index in [2.05, 4.69) is 16.0 Å². The maximum atomic E-state index is 6.42. The lowest BCUT2D eigenvalue weighted by molar-refractivity contribution is 0.408. The Hall–Kier alpha value is -0.0400. The lowest BCUT2D eigenvalue weighted by Gasteiger charge is -2.30. The second-order valence-electron chi connectivity index (χ2n) is 5.16. The van der Waals surface area contributed by atoms with Crippen molar-refractivity contribution in [3.63, 3.8) is 0 Å². The average Bonchev–Trinajstić information content (AvgIpc) is 2.35. The minimum Gasteiger partial charge on any atom is -0.222 e. The molecule has 2 aliphatic carbocycles. The minimum atomic E-state index is -0.655. The summed E-state index contributed by atoms with van der Waals surface area (Å²) in [5.41, 5.74) is 0. The second kappa shape index (κ2) is 6.22. The SMILES string of the molecule is ClC1CCCCC1(Cl)N=C=NC1CCCCC1. The average molecular weight is 275 g/mol. The standard InChI is InChI=1S/C13H20Cl2N2/c14-12-8-4-5-9-13(12,15)17-10-16-11-6-2-1-3-7-11/h11-12H,1-9H2. The zero-order chi connectivity index (χ0) is 12.1. The molecule has 0 heterocycles. The molecule has 2 unspecified atom stereocenters. The smallest absolute Gasteiger partial charge is 0.161 e. The van der Waals surface area contributed by atoms with Gasteiger partial charge in [0.15, 0.2) is 5.00 Å². The van der Waals surface area contributed by atoms with E-state index in [0.29, 0.717) is 6.04 Å². The molecule has 2 rings (SSSR count). The summed E-state index contributed by atoms with van der Waals surface area (Å²) in [7, 11) is 0. The van der Waals surface area contributed by atoms with Gasteiger partial charge in [-0.2, -0.15) is 0 Å². The van der Waals surface area contributed by atoms with Crippen LogP contribution in [0.4, 0.5) is 0 Å². The fourth-order valence-electron chi connectivity index (χ4n) is 2.60. The molecule has 2 fully saturated rings. The molecule has 2 atom stereocenters. The summed E-state index contributed by atoms with van der Waals surface area (Å²) in [6.45, 7) is 0. The zero-order valence-electron chi connectivity index (χ0n) is 10.2. The van der Waals surface area contributed by atoms with Crippen LogP contribution in [0.5, 0.6) is 0 Å². The van der Waals surface area contributed by atoms with Crippen molar-refractivity contribution in [3.8, 4) is 0 Å². The van der Waals surface area contributed by atoms with E-state index in [1.807, 2.05) is 0 Å². The Morgan fingerprint density at radius 1 is 1.00 bits per heavy atom. The number of hydrogen-bond donors (Lipinski definition) is 0. The van der Waals surface area contributed by atoms with Gasteiger partial charge in [-0.25, -0.2) is 9.98 Å². The van der Waals surface area contributed by atoms with Crippen molar-refractivity contribution < 1.29 is 0 Å². The third-order valence-electron chi connectivity index (χ3n) is 3.77. The fourth-order valence-corrected chi connectivity index (χ4v) is 3.20. The first kappa shape index (κ1) is 13.4. The van der Waals surface area contributed by atoms with Crippen LogP contribution in [0, 0.1) is 0 Å². The zero-order valence-corrected chi connectivity index (χ0v) is 11.7. The number of aliphatic imine (C=N–C) groups is 2. The van der Waals surface area contributed by atoms with Gasteiger partial charge in [-0.3, -0.25) is 0 Å². The van der Waals surface area contributed by atoms with Gasteiger partial charge in [0.1, 0.15) is 0 Å². The number of nitrogens with zero attached hydrogens (tertiary/aromatic N) is 2. The van der Waals surface area contributed by atoms with Gasteiger partial charge in [-0.05, 0) is 32.1 Å². The maximum absolute atomic E-state index is 6.42. The van der Waals surface area contributed by atoms with Gasteiger partial charge in [0, 0.05) is 0 Å². The largest absolute Gasteiger partial charge is 0.222 e. The van der Waals surface area contributed by atoms with Crippen LogP contribution in [0.15, 0.2) is 9.98 Å². The molecule has 0 bridgehead atoms. The predicted octanol–water partition coefficient (Wildman–Crippen LogP) is 4.61. The monoisotopic (exact) mass is 274 g/mol. The summed E-state index contributed by atoms with van der Waals surface area (Å²) in [6, 6.07) is 3.24. The Morgan fingerprint density at radius 3 is 2.41 bits per heavy atom. The molecule has 17 heavy (non-hydrogen) atoms. The first-order valence-electron chi connectivity index (χ1n) is 6.70. The van der Waals surface area contributed by atoms with Crippen LogP contribution >= 0.6 is 23.2 Å². The minimum absolute atomic E-state index is 0.0769. The molecular formula is C13H20Cl2N2. The van der Waals surface area contributed by atoms with Gasteiger partial charge in [0.25, 0.3) is 0 Å². The second-order valence-corrected chi connectivity index (χ2v) is 6.35. The summed E-state index contributed by atoms with van der Waals surface area (Å²) in [5, 5.41) is -0.0769. The van der Waals surface area contributed by atoms with Crippen LogP contribution < -0.4 is 0 Å². The maximum Gasteiger partial charge on any atom is 0.161 e. The van der Waals surface area contributed by atoms with Crippen LogP contribution in [0.25, 0.3) is 0 Å². The van der Waals surface area contributed by atoms with Crippen LogP contribution in [-0.4, -0.2) is 22.4 Å². The number of hydrogen-bond acceptors (Lipinski definition) is 2. The van der Waals surface area contributed by atoms with Crippen LogP contribution in [0.3, 0.4) is 0 Å². The van der Waals surface area contributed by atoms with E-state index in [0.717, 1.165) is 25.7 Å². The lowest BCUT2D eigenvalue weighted by Crippen LogP contribution is -2.34. The number of rotatable bonds is 2. The summed E-state index contributed by atoms with van der Waals surface area (Å²) in [6.07, 6.45) is 10.3. The van der Waals surface area contributed by atoms with Crippen molar-refractivity contribution in [3.05, 3.63) is 0 Å². The van der Waals surface area contributed by atoms with Crippen molar-refractivity contribution in [2.75, 3.05) is 0 Å². The van der Waals surface area contributed by atoms with E-state index in [1.54, 1.807) is 0 Å². The highest BCUT2D eigenvalue weighted by Gasteiger charge is 2.37. The van der Waals surface area contributed by atoms with Crippen LogP contribution in [0.2, 0.25) is 0 Å². The van der Waals surface area contributed by atoms with E-state index in [1.165, 1.54) is 32.1 Å². The van der Waals surface area contributed by atoms with E-state index in [9.17, 15) is 0 Å². The quantitative estimate of drug-likeness (QED) is 0.399. The van der Waals surface area contributed by atoms with Crippen LogP contribution in [0.1, 0.15) is 57.8 Å². The third-order valence-corrected chi connectivity index (χ3v) is 4.99. The van der Waals surface area contributed by atoms with Crippen molar-refractivity contribution in [2.24, 2.45) is 9.98 Å². The van der Waals surface area contributed by atoms with Crippen molar-refractivity contribution >= 4 is 29.2 Å². The molecule has 0 aliphatic heterocycles. The molecule has 0 amide bonds. The lowest BCUT2D eigenvalue weighted by atomic mass is 9.95. The van der Waals surface area contributed by atoms with Gasteiger partial charge in [0.2, 0.25) is 0 Å². The van der Waals surface area contributed by atoms with E-state index >= 15 is 0 Å². The molecule has 0 aromatic carbocycles. The highest BCUT2D eigenvalue weighted by Crippen LogP contribution is 2.38. The fraction of sp³-hybridized carbons (Fsp3) is 0.923. The Morgan fingerprint density at radius 2 is 1.71 bits per heavy atom. The molecule has 0 aromatic rings. The molecule has 0 aromatic heterocycles. The molecule has 0 spiro atoms. The van der Waals surface area contributed by atoms with E-state index in [4.69, 9.17) is 23.2 Å². The van der Waals surface area contributed by atoms with Gasteiger partial charge in [0.05, 0.1) is 17.4 Å². The van der Waals surface area contributed by atoms with E-state index in [-0.39, 0.29) is 5.38 Å². The molecule has 2 nitrogen and oxygen atoms in total. The summed E-state index contributed by atoms with van der Waals surface area (Å²) < 4.78 is 0. The van der Waals surface area contributed by atoms with Crippen molar-refractivity contribution in [1.82, 2.24) is 0 Å². The Balaban J connectivity index is 1.95. The molecule has 0 saturated heterocycles.